The minimum absolute atomic E-state index is 0.01000. The van der Waals surface area contributed by atoms with Crippen molar-refractivity contribution < 1.29 is 14.8 Å². The van der Waals surface area contributed by atoms with Gasteiger partial charge in [-0.05, 0) is 18.6 Å². The Kier molecular flexibility index (Phi) is 5.41. The number of aromatic nitrogens is 1. The van der Waals surface area contributed by atoms with Crippen LogP contribution in [0.1, 0.15) is 29.7 Å². The Balaban J connectivity index is 2.22. The van der Waals surface area contributed by atoms with E-state index in [2.05, 4.69) is 20.6 Å². The van der Waals surface area contributed by atoms with Crippen LogP contribution in [0.25, 0.3) is 0 Å². The van der Waals surface area contributed by atoms with E-state index >= 15 is 0 Å². The number of hydrogen-bond acceptors (Lipinski definition) is 11. The van der Waals surface area contributed by atoms with Crippen molar-refractivity contribution >= 4 is 35.9 Å². The molecule has 0 saturated carbocycles. The largest absolute Gasteiger partial charge is 0.494 e. The van der Waals surface area contributed by atoms with Crippen LogP contribution in [0.2, 0.25) is 0 Å². The molecule has 29 heavy (non-hydrogen) atoms. The third kappa shape index (κ3) is 3.58. The maximum Gasteiger partial charge on any atom is 0.492 e. The van der Waals surface area contributed by atoms with Crippen molar-refractivity contribution in [3.05, 3.63) is 34.9 Å². The first-order chi connectivity index (χ1) is 13.9. The topological polar surface area (TPSA) is 199 Å². The lowest BCUT2D eigenvalue weighted by molar-refractivity contribution is 0.340. The number of rotatable bonds is 4. The van der Waals surface area contributed by atoms with E-state index < -0.39 is 13.2 Å². The molecule has 1 aliphatic heterocycles. The van der Waals surface area contributed by atoms with E-state index in [0.29, 0.717) is 23.5 Å². The Labute approximate surface area is 166 Å². The number of pyridine rings is 1. The highest BCUT2D eigenvalue weighted by molar-refractivity contribution is 6.59. The van der Waals surface area contributed by atoms with Crippen molar-refractivity contribution in [2.24, 2.45) is 4.99 Å². The van der Waals surface area contributed by atoms with Crippen molar-refractivity contribution in [2.45, 2.75) is 13.0 Å². The predicted molar refractivity (Wildman–Crippen MR) is 107 cm³/mol. The highest BCUT2D eigenvalue weighted by atomic mass is 16.5. The number of ether oxygens (including phenoxy) is 1. The number of nitrogens with zero attached hydrogens (tertiary/aromatic N) is 4. The summed E-state index contributed by atoms with van der Waals surface area (Å²) >= 11 is 0. The molecule has 8 N–H and O–H groups in total. The number of benzene rings is 1. The molecule has 2 aromatic rings. The van der Waals surface area contributed by atoms with Crippen LogP contribution < -0.4 is 32.3 Å². The van der Waals surface area contributed by atoms with Crippen molar-refractivity contribution in [1.29, 1.82) is 10.5 Å². The van der Waals surface area contributed by atoms with Crippen molar-refractivity contribution in [3.8, 4) is 18.0 Å². The monoisotopic (exact) mass is 392 g/mol. The van der Waals surface area contributed by atoms with Crippen LogP contribution in [0, 0.1) is 22.8 Å². The summed E-state index contributed by atoms with van der Waals surface area (Å²) in [7, 11) is -1.78. The Morgan fingerprint density at radius 3 is 2.72 bits per heavy atom. The van der Waals surface area contributed by atoms with E-state index in [0.717, 1.165) is 0 Å². The molecule has 1 unspecified atom stereocenters. The third-order valence-corrected chi connectivity index (χ3v) is 4.29. The third-order valence-electron chi connectivity index (χ3n) is 4.29. The number of anilines is 3. The van der Waals surface area contributed by atoms with Gasteiger partial charge in [0, 0.05) is 11.0 Å². The average molecular weight is 392 g/mol. The zero-order valence-electron chi connectivity index (χ0n) is 15.3. The van der Waals surface area contributed by atoms with Gasteiger partial charge in [-0.25, -0.2) is 9.98 Å². The van der Waals surface area contributed by atoms with Crippen LogP contribution in [0.5, 0.6) is 5.75 Å². The van der Waals surface area contributed by atoms with Gasteiger partial charge in [-0.1, -0.05) is 12.1 Å². The lowest BCUT2D eigenvalue weighted by atomic mass is 9.77. The van der Waals surface area contributed by atoms with Crippen LogP contribution in [0.4, 0.5) is 17.3 Å². The molecule has 0 saturated heterocycles. The number of guanidine groups is 1. The molecule has 3 rings (SSSR count). The van der Waals surface area contributed by atoms with Gasteiger partial charge >= 0.3 is 7.12 Å². The van der Waals surface area contributed by atoms with Crippen LogP contribution in [0.3, 0.4) is 0 Å². The Hall–Kier alpha value is -4.00. The quantitative estimate of drug-likeness (QED) is 0.216. The molecule has 12 heteroatoms. The van der Waals surface area contributed by atoms with E-state index in [1.807, 2.05) is 6.07 Å². The molecule has 2 heterocycles. The summed E-state index contributed by atoms with van der Waals surface area (Å²) < 4.78 is 5.43. The van der Waals surface area contributed by atoms with Gasteiger partial charge in [-0.3, -0.25) is 5.32 Å². The molecule has 0 amide bonds. The first-order valence-corrected chi connectivity index (χ1v) is 8.52. The standard InChI is InChI=1S/C17H17BN8O3/c1-2-29-11-4-3-8(5-10(11)18(27)28)14-12-13(21)9(6-19)15(22)25-16(12)26-17(24-14)23-7-20/h3-5,14,27-28H,2H2,1H3,(H6,21,22,23,24,25,26). The molecule has 11 nitrogen and oxygen atoms in total. The minimum Gasteiger partial charge on any atom is -0.494 e. The molecule has 0 aliphatic carbocycles. The second kappa shape index (κ2) is 7.94. The van der Waals surface area contributed by atoms with Gasteiger partial charge in [0.2, 0.25) is 5.96 Å². The van der Waals surface area contributed by atoms with Gasteiger partial charge in [0.05, 0.1) is 12.3 Å². The molecule has 1 atom stereocenters. The lowest BCUT2D eigenvalue weighted by Gasteiger charge is -2.26. The number of fused-ring (bicyclic) bond motifs is 1. The summed E-state index contributed by atoms with van der Waals surface area (Å²) in [5, 5.41) is 43.0. The van der Waals surface area contributed by atoms with Crippen LogP contribution in [-0.2, 0) is 0 Å². The zero-order chi connectivity index (χ0) is 21.1. The number of nitrogens with two attached hydrogens (primary N) is 2. The van der Waals surface area contributed by atoms with Gasteiger partial charge in [-0.15, -0.1) is 0 Å². The number of nitrogens with one attached hydrogen (secondary N) is 2. The summed E-state index contributed by atoms with van der Waals surface area (Å²) in [6, 6.07) is 5.88. The molecular weight excluding hydrogens is 375 g/mol. The molecule has 0 spiro atoms. The smallest absolute Gasteiger partial charge is 0.492 e. The van der Waals surface area contributed by atoms with Gasteiger partial charge in [0.1, 0.15) is 35.1 Å². The fourth-order valence-corrected chi connectivity index (χ4v) is 3.05. The number of aliphatic imine (C=N–C) groups is 1. The molecule has 1 aromatic heterocycles. The van der Waals surface area contributed by atoms with Crippen LogP contribution in [-0.4, -0.2) is 34.7 Å². The second-order valence-corrected chi connectivity index (χ2v) is 6.01. The SMILES string of the molecule is CCOc1ccc(C2N=C(NC#N)Nc3nc(N)c(C#N)c(N)c32)cc1B(O)O. The molecule has 0 fully saturated rings. The number of nitrogen functional groups attached to an aromatic ring is 2. The summed E-state index contributed by atoms with van der Waals surface area (Å²) in [4.78, 5) is 8.59. The van der Waals surface area contributed by atoms with Crippen LogP contribution in [0.15, 0.2) is 23.2 Å². The number of hydrogen-bond donors (Lipinski definition) is 6. The Bertz CT molecular complexity index is 1070. The molecule has 0 bridgehead atoms. The Morgan fingerprint density at radius 1 is 1.34 bits per heavy atom. The fraction of sp³-hybridized carbons (Fsp3) is 0.176. The maximum absolute atomic E-state index is 9.73. The van der Waals surface area contributed by atoms with Crippen LogP contribution >= 0.6 is 0 Å². The predicted octanol–water partition coefficient (Wildman–Crippen LogP) is -0.862. The van der Waals surface area contributed by atoms with Gasteiger partial charge in [-0.2, -0.15) is 10.5 Å². The molecule has 0 radical (unpaired) electrons. The van der Waals surface area contributed by atoms with Gasteiger partial charge < -0.3 is 31.6 Å². The minimum atomic E-state index is -1.78. The van der Waals surface area contributed by atoms with E-state index in [9.17, 15) is 15.3 Å². The van der Waals surface area contributed by atoms with E-state index in [1.165, 1.54) is 6.07 Å². The maximum atomic E-state index is 9.73. The number of nitriles is 2. The highest BCUT2D eigenvalue weighted by Gasteiger charge is 2.31. The van der Waals surface area contributed by atoms with Crippen molar-refractivity contribution in [3.63, 3.8) is 0 Å². The summed E-state index contributed by atoms with van der Waals surface area (Å²) in [5.74, 6) is 0.574. The van der Waals surface area contributed by atoms with E-state index in [4.69, 9.17) is 21.5 Å². The molecule has 1 aliphatic rings. The normalized spacial score (nSPS) is 14.5. The first kappa shape index (κ1) is 19.8. The Morgan fingerprint density at radius 2 is 2.10 bits per heavy atom. The second-order valence-electron chi connectivity index (χ2n) is 6.01. The first-order valence-electron chi connectivity index (χ1n) is 8.52. The fourth-order valence-electron chi connectivity index (χ4n) is 3.05. The molecule has 146 valence electrons. The summed E-state index contributed by atoms with van der Waals surface area (Å²) in [6.07, 6.45) is 1.76. The van der Waals surface area contributed by atoms with E-state index in [1.54, 1.807) is 25.2 Å². The molecule has 1 aromatic carbocycles. The van der Waals surface area contributed by atoms with Gasteiger partial charge in [0.25, 0.3) is 0 Å². The van der Waals surface area contributed by atoms with Crippen molar-refractivity contribution in [2.75, 3.05) is 23.4 Å². The van der Waals surface area contributed by atoms with Gasteiger partial charge in [0.15, 0.2) is 6.19 Å². The highest BCUT2D eigenvalue weighted by Crippen LogP contribution is 2.40. The van der Waals surface area contributed by atoms with Crippen molar-refractivity contribution in [1.82, 2.24) is 10.3 Å². The summed E-state index contributed by atoms with van der Waals surface area (Å²) in [6.45, 7) is 2.11. The van der Waals surface area contributed by atoms with E-state index in [-0.39, 0.29) is 34.3 Å². The average Bonchev–Trinajstić information content (AvgIpc) is 2.68. The lowest BCUT2D eigenvalue weighted by Crippen LogP contribution is -2.34. The summed E-state index contributed by atoms with van der Waals surface area (Å²) in [5.41, 5.74) is 13.1. The zero-order valence-corrected chi connectivity index (χ0v) is 15.3. The molecular formula is C17H17BN8O3.